The highest BCUT2D eigenvalue weighted by Crippen LogP contribution is 2.29. The minimum atomic E-state index is -0.430. The Morgan fingerprint density at radius 3 is 2.90 bits per heavy atom. The third kappa shape index (κ3) is 3.44. The van der Waals surface area contributed by atoms with Gasteiger partial charge < -0.3 is 9.14 Å². The number of allylic oxidation sites excluding steroid dienone is 1. The van der Waals surface area contributed by atoms with Gasteiger partial charge in [0.25, 0.3) is 5.56 Å². The van der Waals surface area contributed by atoms with Gasteiger partial charge in [0.2, 0.25) is 0 Å². The number of imidazole rings is 1. The summed E-state index contributed by atoms with van der Waals surface area (Å²) < 4.78 is 8.28. The molecule has 9 heteroatoms. The number of hydrogen-bond donors (Lipinski definition) is 0. The van der Waals surface area contributed by atoms with Gasteiger partial charge in [-0.3, -0.25) is 9.36 Å². The Hall–Kier alpha value is -2.91. The standard InChI is InChI=1S/C21H20N4O3S2/c1-5-8-25-19(26)16-12(2)13(3)30-18(16)23-21(25)29-11-14-10-24-9-6-7-15(17(24)22-14)20(27)28-4/h5-7,9-10H,1,8,11H2,2-4H3. The van der Waals surface area contributed by atoms with Crippen LogP contribution in [0.4, 0.5) is 0 Å². The van der Waals surface area contributed by atoms with Crippen LogP contribution in [-0.4, -0.2) is 32.0 Å². The number of carbonyl (C=O) groups excluding carboxylic acids is 1. The molecule has 0 aliphatic carbocycles. The van der Waals surface area contributed by atoms with Crippen molar-refractivity contribution in [1.82, 2.24) is 18.9 Å². The lowest BCUT2D eigenvalue weighted by molar-refractivity contribution is 0.0602. The zero-order valence-electron chi connectivity index (χ0n) is 16.8. The molecule has 0 aromatic carbocycles. The molecule has 4 rings (SSSR count). The number of nitrogens with zero attached hydrogens (tertiary/aromatic N) is 4. The monoisotopic (exact) mass is 440 g/mol. The van der Waals surface area contributed by atoms with Crippen LogP contribution in [0.2, 0.25) is 0 Å². The van der Waals surface area contributed by atoms with Crippen LogP contribution in [-0.2, 0) is 17.0 Å². The SMILES string of the molecule is C=CCn1c(SCc2cn3cccc(C(=O)OC)c3n2)nc2sc(C)c(C)c2c1=O. The lowest BCUT2D eigenvalue weighted by Crippen LogP contribution is -2.22. The van der Waals surface area contributed by atoms with Gasteiger partial charge in [-0.1, -0.05) is 17.8 Å². The lowest BCUT2D eigenvalue weighted by Gasteiger charge is -2.09. The molecule has 7 nitrogen and oxygen atoms in total. The molecule has 0 aliphatic heterocycles. The normalized spacial score (nSPS) is 11.3. The number of hydrogen-bond acceptors (Lipinski definition) is 7. The van der Waals surface area contributed by atoms with E-state index in [1.807, 2.05) is 26.2 Å². The number of carbonyl (C=O) groups is 1. The highest BCUT2D eigenvalue weighted by atomic mass is 32.2. The van der Waals surface area contributed by atoms with Crippen molar-refractivity contribution in [3.8, 4) is 0 Å². The molecule has 154 valence electrons. The van der Waals surface area contributed by atoms with Gasteiger partial charge in [0.15, 0.2) is 10.8 Å². The summed E-state index contributed by atoms with van der Waals surface area (Å²) in [7, 11) is 1.35. The average Bonchev–Trinajstić information content (AvgIpc) is 3.28. The maximum Gasteiger partial charge on any atom is 0.341 e. The van der Waals surface area contributed by atoms with Crippen LogP contribution in [0.1, 0.15) is 26.5 Å². The van der Waals surface area contributed by atoms with Crippen molar-refractivity contribution in [2.24, 2.45) is 0 Å². The molecule has 0 atom stereocenters. The van der Waals surface area contributed by atoms with Crippen molar-refractivity contribution >= 4 is 44.9 Å². The number of aromatic nitrogens is 4. The van der Waals surface area contributed by atoms with E-state index in [1.54, 1.807) is 27.2 Å². The van der Waals surface area contributed by atoms with Crippen molar-refractivity contribution in [1.29, 1.82) is 0 Å². The largest absolute Gasteiger partial charge is 0.465 e. The molecular formula is C21H20N4O3S2. The predicted molar refractivity (Wildman–Crippen MR) is 120 cm³/mol. The fourth-order valence-corrected chi connectivity index (χ4v) is 5.21. The number of ether oxygens (including phenoxy) is 1. The first-order valence-electron chi connectivity index (χ1n) is 9.23. The third-order valence-electron chi connectivity index (χ3n) is 4.85. The van der Waals surface area contributed by atoms with Crippen molar-refractivity contribution in [3.63, 3.8) is 0 Å². The van der Waals surface area contributed by atoms with Crippen molar-refractivity contribution in [2.45, 2.75) is 31.3 Å². The molecule has 0 radical (unpaired) electrons. The maximum absolute atomic E-state index is 13.1. The number of pyridine rings is 1. The first-order chi connectivity index (χ1) is 14.4. The van der Waals surface area contributed by atoms with E-state index in [1.165, 1.54) is 30.2 Å². The quantitative estimate of drug-likeness (QED) is 0.195. The van der Waals surface area contributed by atoms with Gasteiger partial charge in [-0.05, 0) is 31.5 Å². The van der Waals surface area contributed by atoms with Gasteiger partial charge in [0.1, 0.15) is 10.4 Å². The van der Waals surface area contributed by atoms with Gasteiger partial charge in [0, 0.05) is 29.6 Å². The number of thiophene rings is 1. The molecule has 0 saturated heterocycles. The second-order valence-electron chi connectivity index (χ2n) is 6.73. The second-order valence-corrected chi connectivity index (χ2v) is 8.87. The predicted octanol–water partition coefficient (Wildman–Crippen LogP) is 3.99. The Kier molecular flexibility index (Phi) is 5.48. The van der Waals surface area contributed by atoms with E-state index in [0.717, 1.165) is 21.0 Å². The van der Waals surface area contributed by atoms with E-state index in [0.29, 0.717) is 34.1 Å². The summed E-state index contributed by atoms with van der Waals surface area (Å²) >= 11 is 2.97. The van der Waals surface area contributed by atoms with Gasteiger partial charge in [-0.2, -0.15) is 0 Å². The van der Waals surface area contributed by atoms with Crippen molar-refractivity contribution in [2.75, 3.05) is 7.11 Å². The van der Waals surface area contributed by atoms with E-state index < -0.39 is 5.97 Å². The molecule has 0 amide bonds. The van der Waals surface area contributed by atoms with Crippen LogP contribution in [0.5, 0.6) is 0 Å². The van der Waals surface area contributed by atoms with Gasteiger partial charge in [0.05, 0.1) is 18.2 Å². The van der Waals surface area contributed by atoms with Crippen LogP contribution in [0.15, 0.2) is 47.1 Å². The number of esters is 1. The molecule has 0 spiro atoms. The first kappa shape index (κ1) is 20.4. The molecule has 4 aromatic heterocycles. The molecule has 0 N–H and O–H groups in total. The summed E-state index contributed by atoms with van der Waals surface area (Å²) in [6, 6.07) is 3.46. The molecular weight excluding hydrogens is 420 g/mol. The van der Waals surface area contributed by atoms with E-state index in [-0.39, 0.29) is 5.56 Å². The molecule has 4 heterocycles. The van der Waals surface area contributed by atoms with Gasteiger partial charge >= 0.3 is 5.97 Å². The molecule has 0 bridgehead atoms. The topological polar surface area (TPSA) is 78.5 Å². The minimum Gasteiger partial charge on any atom is -0.465 e. The molecule has 4 aromatic rings. The van der Waals surface area contributed by atoms with Crippen LogP contribution in [0.3, 0.4) is 0 Å². The fraction of sp³-hybridized carbons (Fsp3) is 0.238. The summed E-state index contributed by atoms with van der Waals surface area (Å²) in [4.78, 5) is 36.2. The van der Waals surface area contributed by atoms with Crippen molar-refractivity contribution < 1.29 is 9.53 Å². The highest BCUT2D eigenvalue weighted by molar-refractivity contribution is 7.98. The third-order valence-corrected chi connectivity index (χ3v) is 6.96. The zero-order chi connectivity index (χ0) is 21.4. The van der Waals surface area contributed by atoms with E-state index in [9.17, 15) is 9.59 Å². The van der Waals surface area contributed by atoms with Gasteiger partial charge in [-0.15, -0.1) is 17.9 Å². The van der Waals surface area contributed by atoms with E-state index in [4.69, 9.17) is 9.72 Å². The van der Waals surface area contributed by atoms with E-state index in [2.05, 4.69) is 11.6 Å². The summed E-state index contributed by atoms with van der Waals surface area (Å²) in [5.41, 5.74) is 2.65. The minimum absolute atomic E-state index is 0.0489. The lowest BCUT2D eigenvalue weighted by atomic mass is 10.2. The zero-order valence-corrected chi connectivity index (χ0v) is 18.5. The summed E-state index contributed by atoms with van der Waals surface area (Å²) in [6.07, 6.45) is 5.39. The summed E-state index contributed by atoms with van der Waals surface area (Å²) in [5, 5.41) is 1.30. The smallest absolute Gasteiger partial charge is 0.341 e. The Balaban J connectivity index is 1.71. The van der Waals surface area contributed by atoms with Crippen LogP contribution in [0, 0.1) is 13.8 Å². The highest BCUT2D eigenvalue weighted by Gasteiger charge is 2.18. The summed E-state index contributed by atoms with van der Waals surface area (Å²) in [6.45, 7) is 8.12. The molecule has 30 heavy (non-hydrogen) atoms. The van der Waals surface area contributed by atoms with Crippen LogP contribution in [0.25, 0.3) is 15.9 Å². The Labute approximate surface area is 181 Å². The molecule has 0 unspecified atom stereocenters. The maximum atomic E-state index is 13.1. The molecule has 0 aliphatic rings. The number of aryl methyl sites for hydroxylation is 2. The number of rotatable bonds is 6. The van der Waals surface area contributed by atoms with E-state index >= 15 is 0 Å². The number of thioether (sulfide) groups is 1. The van der Waals surface area contributed by atoms with Crippen LogP contribution >= 0.6 is 23.1 Å². The Morgan fingerprint density at radius 2 is 2.17 bits per heavy atom. The molecule has 0 fully saturated rings. The fourth-order valence-electron chi connectivity index (χ4n) is 3.25. The Morgan fingerprint density at radius 1 is 1.37 bits per heavy atom. The Bertz CT molecular complexity index is 1350. The average molecular weight is 441 g/mol. The first-order valence-corrected chi connectivity index (χ1v) is 11.0. The summed E-state index contributed by atoms with van der Waals surface area (Å²) in [5.74, 6) is 0.0709. The number of methoxy groups -OCH3 is 1. The van der Waals surface area contributed by atoms with Gasteiger partial charge in [-0.25, -0.2) is 14.8 Å². The van der Waals surface area contributed by atoms with Crippen LogP contribution < -0.4 is 5.56 Å². The second kappa shape index (κ2) is 8.08. The van der Waals surface area contributed by atoms with Crippen molar-refractivity contribution in [3.05, 3.63) is 69.2 Å². The molecule has 0 saturated carbocycles. The number of fused-ring (bicyclic) bond motifs is 2.